The Balaban J connectivity index is 1.41. The van der Waals surface area contributed by atoms with Crippen molar-refractivity contribution < 1.29 is 43.8 Å². The molecule has 6 aromatic rings. The van der Waals surface area contributed by atoms with Gasteiger partial charge in [0, 0.05) is 27.6 Å². The monoisotopic (exact) mass is 805 g/mol. The van der Waals surface area contributed by atoms with Gasteiger partial charge in [0.1, 0.15) is 22.0 Å². The highest BCUT2D eigenvalue weighted by Gasteiger charge is 2.21. The van der Waals surface area contributed by atoms with Crippen molar-refractivity contribution in [1.29, 1.82) is 0 Å². The Bertz CT molecular complexity index is 3030. The summed E-state index contributed by atoms with van der Waals surface area (Å²) in [7, 11) is -14.3. The highest BCUT2D eigenvalue weighted by Crippen LogP contribution is 2.40. The minimum Gasteiger partial charge on any atom is -0.397 e. The van der Waals surface area contributed by atoms with Gasteiger partial charge >= 0.3 is 0 Å². The lowest BCUT2D eigenvalue weighted by Gasteiger charge is -2.08. The molecule has 0 aliphatic heterocycles. The molecule has 0 aliphatic rings. The van der Waals surface area contributed by atoms with Crippen molar-refractivity contribution in [1.82, 2.24) is 0 Å². The van der Waals surface area contributed by atoms with Crippen LogP contribution in [0.1, 0.15) is 0 Å². The molecule has 0 saturated carbocycles. The van der Waals surface area contributed by atoms with E-state index in [9.17, 15) is 49.0 Å². The van der Waals surface area contributed by atoms with Gasteiger partial charge in [0.05, 0.1) is 43.2 Å². The number of hydrogen-bond donors (Lipinski definition) is 5. The SMILES string of the molecule is Nc1cc(N)c([N+](=O)[O-])cc1N=Nc1ccc(N=Nc2ccc(N=Nc3cc(S(=O)(=O)O)ccc3S(=O)(=O)O)c3ccccc23)c2ccc(S(=O)(=O)O)cc12. The molecular weight excluding hydrogens is 783 g/mol. The van der Waals surface area contributed by atoms with Crippen LogP contribution in [-0.2, 0) is 30.4 Å². The summed E-state index contributed by atoms with van der Waals surface area (Å²) in [4.78, 5) is 8.72. The van der Waals surface area contributed by atoms with Gasteiger partial charge in [-0.05, 0) is 60.7 Å². The van der Waals surface area contributed by atoms with Gasteiger partial charge in [-0.2, -0.15) is 25.3 Å². The smallest absolute Gasteiger partial charge is 0.296 e. The van der Waals surface area contributed by atoms with Crippen LogP contribution >= 0.6 is 0 Å². The Labute approximate surface area is 310 Å². The first-order valence-electron chi connectivity index (χ1n) is 15.0. The van der Waals surface area contributed by atoms with Crippen molar-refractivity contribution in [3.8, 4) is 0 Å². The summed E-state index contributed by atoms with van der Waals surface area (Å²) in [5.74, 6) is 0. The molecule has 0 unspecified atom stereocenters. The first-order valence-corrected chi connectivity index (χ1v) is 19.4. The molecule has 6 rings (SSSR count). The van der Waals surface area contributed by atoms with Crippen LogP contribution < -0.4 is 11.5 Å². The number of nitro groups is 1. The van der Waals surface area contributed by atoms with Gasteiger partial charge in [-0.15, -0.1) is 30.7 Å². The zero-order chi connectivity index (χ0) is 39.9. The van der Waals surface area contributed by atoms with Crippen LogP contribution in [0.15, 0.2) is 142 Å². The van der Waals surface area contributed by atoms with Crippen LogP contribution in [0.2, 0.25) is 0 Å². The molecule has 0 fully saturated rings. The summed E-state index contributed by atoms with van der Waals surface area (Å²) in [6.45, 7) is 0. The molecule has 280 valence electrons. The second-order valence-corrected chi connectivity index (χ2v) is 15.6. The Kier molecular flexibility index (Phi) is 9.91. The van der Waals surface area contributed by atoms with Crippen molar-refractivity contribution in [2.24, 2.45) is 30.7 Å². The number of nitrogen functional groups attached to an aromatic ring is 2. The maximum atomic E-state index is 12.0. The minimum atomic E-state index is -4.88. The Hall–Kier alpha value is -6.63. The summed E-state index contributed by atoms with van der Waals surface area (Å²) < 4.78 is 100.0. The van der Waals surface area contributed by atoms with Gasteiger partial charge in [-0.25, -0.2) is 0 Å². The molecular formula is C32H23N9O11S3. The van der Waals surface area contributed by atoms with Crippen LogP contribution in [0.4, 0.5) is 51.2 Å². The summed E-state index contributed by atoms with van der Waals surface area (Å²) in [6.07, 6.45) is 0. The average molecular weight is 806 g/mol. The number of benzene rings is 6. The van der Waals surface area contributed by atoms with Gasteiger partial charge in [0.15, 0.2) is 0 Å². The quantitative estimate of drug-likeness (QED) is 0.0288. The molecule has 20 nitrogen and oxygen atoms in total. The molecule has 0 heterocycles. The number of fused-ring (bicyclic) bond motifs is 2. The Morgan fingerprint density at radius 1 is 0.473 bits per heavy atom. The number of hydrogen-bond acceptors (Lipinski definition) is 16. The summed E-state index contributed by atoms with van der Waals surface area (Å²) in [5.41, 5.74) is 11.0. The first-order chi connectivity index (χ1) is 25.8. The van der Waals surface area contributed by atoms with E-state index in [4.69, 9.17) is 11.5 Å². The Morgan fingerprint density at radius 2 is 0.909 bits per heavy atom. The predicted molar refractivity (Wildman–Crippen MR) is 198 cm³/mol. The van der Waals surface area contributed by atoms with E-state index in [0.717, 1.165) is 42.5 Å². The van der Waals surface area contributed by atoms with E-state index in [1.54, 1.807) is 24.3 Å². The fourth-order valence-corrected chi connectivity index (χ4v) is 6.82. The van der Waals surface area contributed by atoms with Gasteiger partial charge < -0.3 is 11.5 Å². The normalized spacial score (nSPS) is 12.8. The highest BCUT2D eigenvalue weighted by atomic mass is 32.2. The van der Waals surface area contributed by atoms with E-state index in [-0.39, 0.29) is 39.5 Å². The summed E-state index contributed by atoms with van der Waals surface area (Å²) in [5, 5.41) is 37.5. The average Bonchev–Trinajstić information content (AvgIpc) is 3.11. The number of rotatable bonds is 10. The van der Waals surface area contributed by atoms with Crippen molar-refractivity contribution in [3.05, 3.63) is 107 Å². The third kappa shape index (κ3) is 8.15. The number of nitrogens with two attached hydrogens (primary N) is 2. The zero-order valence-electron chi connectivity index (χ0n) is 27.4. The van der Waals surface area contributed by atoms with Crippen LogP contribution in [0.5, 0.6) is 0 Å². The van der Waals surface area contributed by atoms with E-state index < -0.39 is 61.3 Å². The van der Waals surface area contributed by atoms with Crippen LogP contribution in [0, 0.1) is 10.1 Å². The first kappa shape index (κ1) is 38.1. The minimum absolute atomic E-state index is 0.0193. The molecule has 0 radical (unpaired) electrons. The number of anilines is 2. The van der Waals surface area contributed by atoms with Gasteiger partial charge in [0.2, 0.25) is 0 Å². The third-order valence-electron chi connectivity index (χ3n) is 7.79. The van der Waals surface area contributed by atoms with Crippen molar-refractivity contribution in [2.75, 3.05) is 11.5 Å². The predicted octanol–water partition coefficient (Wildman–Crippen LogP) is 8.05. The van der Waals surface area contributed by atoms with Crippen LogP contribution in [-0.4, -0.2) is 43.8 Å². The molecule has 7 N–H and O–H groups in total. The molecule has 6 aromatic carbocycles. The van der Waals surface area contributed by atoms with Crippen LogP contribution in [0.25, 0.3) is 21.5 Å². The maximum Gasteiger partial charge on any atom is 0.296 e. The second kappa shape index (κ2) is 14.3. The highest BCUT2D eigenvalue weighted by molar-refractivity contribution is 7.86. The topological polar surface area (TPSA) is 332 Å². The molecule has 0 atom stereocenters. The fraction of sp³-hybridized carbons (Fsp3) is 0. The molecule has 0 amide bonds. The fourth-order valence-electron chi connectivity index (χ4n) is 5.21. The standard InChI is InChI=1S/C32H23N9O11S3/c33-23-15-24(34)31(41(42)43)16-29(23)39-38-28-11-10-27(21-7-5-17(13-22(21)28)53(44,45)46)36-35-25-8-9-26(20-4-2-1-3-19(20)25)37-40-30-14-18(54(47,48)49)6-12-32(30)55(50,51)52/h1-16H,33-34H2,(H,44,45,46)(H,47,48,49)(H,50,51,52). The van der Waals surface area contributed by atoms with Crippen molar-refractivity contribution in [2.45, 2.75) is 14.7 Å². The molecule has 23 heteroatoms. The number of nitrogens with zero attached hydrogens (tertiary/aromatic N) is 7. The molecule has 0 aliphatic carbocycles. The molecule has 0 saturated heterocycles. The van der Waals surface area contributed by atoms with E-state index in [1.807, 2.05) is 0 Å². The van der Waals surface area contributed by atoms with Gasteiger partial charge in [-0.1, -0.05) is 30.3 Å². The zero-order valence-corrected chi connectivity index (χ0v) is 29.8. The molecule has 0 spiro atoms. The van der Waals surface area contributed by atoms with E-state index >= 15 is 0 Å². The van der Waals surface area contributed by atoms with Crippen molar-refractivity contribution in [3.63, 3.8) is 0 Å². The van der Waals surface area contributed by atoms with E-state index in [1.165, 1.54) is 30.3 Å². The van der Waals surface area contributed by atoms with E-state index in [2.05, 4.69) is 30.7 Å². The van der Waals surface area contributed by atoms with E-state index in [0.29, 0.717) is 21.8 Å². The number of nitro benzene ring substituents is 1. The summed E-state index contributed by atoms with van der Waals surface area (Å²) in [6, 6.07) is 20.5. The molecule has 0 bridgehead atoms. The maximum absolute atomic E-state index is 12.0. The van der Waals surface area contributed by atoms with Gasteiger partial charge in [-0.3, -0.25) is 23.8 Å². The lowest BCUT2D eigenvalue weighted by Crippen LogP contribution is -2.02. The summed E-state index contributed by atoms with van der Waals surface area (Å²) >= 11 is 0. The lowest BCUT2D eigenvalue weighted by atomic mass is 10.1. The van der Waals surface area contributed by atoms with Crippen molar-refractivity contribution >= 4 is 103 Å². The number of azo groups is 3. The largest absolute Gasteiger partial charge is 0.397 e. The Morgan fingerprint density at radius 3 is 1.40 bits per heavy atom. The molecule has 55 heavy (non-hydrogen) atoms. The molecule has 0 aromatic heterocycles. The third-order valence-corrected chi connectivity index (χ3v) is 10.4. The lowest BCUT2D eigenvalue weighted by molar-refractivity contribution is -0.383. The van der Waals surface area contributed by atoms with Crippen LogP contribution in [0.3, 0.4) is 0 Å². The second-order valence-electron chi connectivity index (χ2n) is 11.3. The van der Waals surface area contributed by atoms with Gasteiger partial charge in [0.25, 0.3) is 36.0 Å².